The van der Waals surface area contributed by atoms with Crippen LogP contribution in [-0.2, 0) is 28.4 Å². The van der Waals surface area contributed by atoms with E-state index >= 15 is 0 Å². The van der Waals surface area contributed by atoms with Crippen LogP contribution in [0.3, 0.4) is 0 Å². The molecule has 2 N–H and O–H groups in total. The number of aromatic nitrogens is 2. The molecule has 1 aliphatic rings. The predicted molar refractivity (Wildman–Crippen MR) is 180 cm³/mol. The van der Waals surface area contributed by atoms with Gasteiger partial charge in [-0.2, -0.15) is 8.42 Å². The lowest BCUT2D eigenvalue weighted by atomic mass is 10.0. The summed E-state index contributed by atoms with van der Waals surface area (Å²) < 4.78 is 48.2. The number of aliphatic hydroxyl groups is 1. The van der Waals surface area contributed by atoms with Gasteiger partial charge >= 0.3 is 0 Å². The number of rotatable bonds is 10. The average Bonchev–Trinajstić information content (AvgIpc) is 3.50. The molecule has 0 saturated carbocycles. The van der Waals surface area contributed by atoms with Crippen molar-refractivity contribution in [1.29, 1.82) is 0 Å². The number of methoxy groups -OCH3 is 1. The van der Waals surface area contributed by atoms with Crippen molar-refractivity contribution in [3.05, 3.63) is 66.1 Å². The first-order valence-electron chi connectivity index (χ1n) is 16.1. The first-order valence-corrected chi connectivity index (χ1v) is 17.5. The van der Waals surface area contributed by atoms with E-state index in [2.05, 4.69) is 21.5 Å². The Hall–Kier alpha value is -3.65. The second kappa shape index (κ2) is 16.4. The molecule has 0 bridgehead atoms. The van der Waals surface area contributed by atoms with Gasteiger partial charge in [-0.05, 0) is 76.1 Å². The number of anilines is 1. The predicted octanol–water partition coefficient (Wildman–Crippen LogP) is 4.16. The molecule has 2 heterocycles. The van der Waals surface area contributed by atoms with Gasteiger partial charge in [-0.25, -0.2) is 4.98 Å². The Labute approximate surface area is 278 Å². The average molecular weight is 672 g/mol. The Morgan fingerprint density at radius 2 is 1.91 bits per heavy atom. The largest absolute Gasteiger partial charge is 0.497 e. The van der Waals surface area contributed by atoms with Gasteiger partial charge in [0.05, 0.1) is 43.9 Å². The minimum atomic E-state index is -4.00. The number of sulfonamides is 1. The fourth-order valence-electron chi connectivity index (χ4n) is 5.60. The van der Waals surface area contributed by atoms with Crippen LogP contribution in [0.1, 0.15) is 56.0 Å². The molecule has 0 saturated heterocycles. The van der Waals surface area contributed by atoms with E-state index in [-0.39, 0.29) is 46.9 Å². The summed E-state index contributed by atoms with van der Waals surface area (Å²) in [5.74, 6) is 0.696. The molecule has 4 rings (SSSR count). The van der Waals surface area contributed by atoms with Gasteiger partial charge in [0.2, 0.25) is 0 Å². The fourth-order valence-corrected chi connectivity index (χ4v) is 6.63. The van der Waals surface area contributed by atoms with Crippen molar-refractivity contribution in [2.24, 2.45) is 13.0 Å². The molecule has 0 unspecified atom stereocenters. The Bertz CT molecular complexity index is 1560. The number of imidazole rings is 1. The number of likely N-dealkylation sites (N-methyl/N-ethyl adjacent to an activating group) is 1. The molecule has 0 radical (unpaired) electrons. The number of fused-ring (bicyclic) bond motifs is 1. The highest BCUT2D eigenvalue weighted by atomic mass is 32.2. The van der Waals surface area contributed by atoms with E-state index in [1.165, 1.54) is 18.6 Å². The van der Waals surface area contributed by atoms with E-state index in [0.717, 1.165) is 30.6 Å². The highest BCUT2D eigenvalue weighted by molar-refractivity contribution is 7.92. The summed E-state index contributed by atoms with van der Waals surface area (Å²) in [4.78, 5) is 22.1. The molecule has 47 heavy (non-hydrogen) atoms. The molecule has 13 heteroatoms. The van der Waals surface area contributed by atoms with Gasteiger partial charge in [0.25, 0.3) is 15.9 Å². The monoisotopic (exact) mass is 671 g/mol. The summed E-state index contributed by atoms with van der Waals surface area (Å²) >= 11 is 0. The van der Waals surface area contributed by atoms with Crippen molar-refractivity contribution in [2.45, 2.75) is 69.9 Å². The van der Waals surface area contributed by atoms with E-state index in [9.17, 15) is 18.3 Å². The molecule has 3 aromatic rings. The van der Waals surface area contributed by atoms with Gasteiger partial charge in [0.1, 0.15) is 11.5 Å². The minimum absolute atomic E-state index is 0.0941. The molecule has 258 valence electrons. The van der Waals surface area contributed by atoms with Crippen LogP contribution in [0, 0.1) is 5.92 Å². The number of benzene rings is 2. The van der Waals surface area contributed by atoms with Crippen LogP contribution in [0.25, 0.3) is 0 Å². The molecular formula is C34H49N5O7S. The summed E-state index contributed by atoms with van der Waals surface area (Å²) in [5, 5.41) is 10.1. The lowest BCUT2D eigenvalue weighted by molar-refractivity contribution is -0.0177. The molecule has 1 aromatic heterocycles. The van der Waals surface area contributed by atoms with Crippen LogP contribution in [0.4, 0.5) is 5.69 Å². The molecule has 1 aliphatic heterocycles. The first-order chi connectivity index (χ1) is 22.4. The van der Waals surface area contributed by atoms with Gasteiger partial charge in [-0.1, -0.05) is 19.1 Å². The van der Waals surface area contributed by atoms with Gasteiger partial charge < -0.3 is 28.8 Å². The zero-order valence-corrected chi connectivity index (χ0v) is 29.1. The van der Waals surface area contributed by atoms with Gasteiger partial charge in [-0.15, -0.1) is 0 Å². The van der Waals surface area contributed by atoms with E-state index in [4.69, 9.17) is 14.2 Å². The SMILES string of the molecule is COc1ccc(CN(C)C[C@@H]2OCCCC[C@H](C)Oc3ccc(NS(=O)(=O)c4cn(C)cn4)cc3C(=O)N([C@@H](C)CO)C[C@H]2C)cc1. The number of aryl methyl sites for hydroxylation is 1. The summed E-state index contributed by atoms with van der Waals surface area (Å²) in [6, 6.07) is 12.2. The molecule has 12 nitrogen and oxygen atoms in total. The van der Waals surface area contributed by atoms with Crippen LogP contribution < -0.4 is 14.2 Å². The number of amides is 1. The molecule has 0 aliphatic carbocycles. The van der Waals surface area contributed by atoms with E-state index < -0.39 is 16.1 Å². The van der Waals surface area contributed by atoms with Crippen LogP contribution in [0.2, 0.25) is 0 Å². The maximum atomic E-state index is 14.4. The standard InChI is InChI=1S/C34H49N5O7S/c1-24-18-39(25(2)22-40)34(41)30-17-28(36-47(42,43)33-21-38(5)23-35-33)12-15-31(30)46-26(3)9-7-8-16-45-32(24)20-37(4)19-27-10-13-29(44-6)14-11-27/h10-15,17,21,23-26,32,36,40H,7-9,16,18-20,22H2,1-6H3/t24-,25+,26+,32+/m1/s1. The number of aliphatic hydroxyl groups excluding tert-OH is 1. The van der Waals surface area contributed by atoms with Crippen molar-refractivity contribution in [2.75, 3.05) is 45.2 Å². The summed E-state index contributed by atoms with van der Waals surface area (Å²) in [5.41, 5.74) is 1.55. The Morgan fingerprint density at radius 3 is 2.57 bits per heavy atom. The Balaban J connectivity index is 1.62. The van der Waals surface area contributed by atoms with Crippen LogP contribution in [0.15, 0.2) is 60.0 Å². The number of carbonyl (C=O) groups is 1. The number of nitrogens with one attached hydrogen (secondary N) is 1. The third kappa shape index (κ3) is 9.92. The maximum absolute atomic E-state index is 14.4. The summed E-state index contributed by atoms with van der Waals surface area (Å²) in [6.45, 7) is 7.78. The van der Waals surface area contributed by atoms with Crippen LogP contribution in [0.5, 0.6) is 11.5 Å². The number of nitrogens with zero attached hydrogens (tertiary/aromatic N) is 4. The van der Waals surface area contributed by atoms with Gasteiger partial charge in [-0.3, -0.25) is 14.4 Å². The van der Waals surface area contributed by atoms with Crippen LogP contribution in [-0.4, -0.2) is 97.5 Å². The molecule has 0 fully saturated rings. The van der Waals surface area contributed by atoms with Crippen LogP contribution >= 0.6 is 0 Å². The van der Waals surface area contributed by atoms with Crippen molar-refractivity contribution in [1.82, 2.24) is 19.4 Å². The molecule has 2 aromatic carbocycles. The Kier molecular flexibility index (Phi) is 12.7. The lowest BCUT2D eigenvalue weighted by Crippen LogP contribution is -2.47. The fraction of sp³-hybridized carbons (Fsp3) is 0.529. The molecule has 4 atom stereocenters. The second-order valence-electron chi connectivity index (χ2n) is 12.5. The lowest BCUT2D eigenvalue weighted by Gasteiger charge is -2.36. The number of ether oxygens (including phenoxy) is 3. The number of hydrogen-bond acceptors (Lipinski definition) is 9. The van der Waals surface area contributed by atoms with Crippen molar-refractivity contribution >= 4 is 21.6 Å². The van der Waals surface area contributed by atoms with Crippen molar-refractivity contribution in [3.8, 4) is 11.5 Å². The summed E-state index contributed by atoms with van der Waals surface area (Å²) in [6.07, 6.45) is 4.90. The second-order valence-corrected chi connectivity index (χ2v) is 14.2. The third-order valence-electron chi connectivity index (χ3n) is 8.36. The normalized spacial score (nSPS) is 20.6. The number of hydrogen-bond donors (Lipinski definition) is 2. The van der Waals surface area contributed by atoms with Crippen molar-refractivity contribution < 1.29 is 32.5 Å². The van der Waals surface area contributed by atoms with Gasteiger partial charge in [0.15, 0.2) is 5.03 Å². The van der Waals surface area contributed by atoms with E-state index in [1.807, 2.05) is 38.2 Å². The quantitative estimate of drug-likeness (QED) is 0.326. The first kappa shape index (κ1) is 36.2. The number of carbonyl (C=O) groups excluding carboxylic acids is 1. The molecule has 0 spiro atoms. The smallest absolute Gasteiger partial charge is 0.280 e. The van der Waals surface area contributed by atoms with E-state index in [0.29, 0.717) is 32.0 Å². The Morgan fingerprint density at radius 1 is 1.17 bits per heavy atom. The van der Waals surface area contributed by atoms with E-state index in [1.54, 1.807) is 42.7 Å². The zero-order valence-electron chi connectivity index (χ0n) is 28.3. The topological polar surface area (TPSA) is 135 Å². The summed E-state index contributed by atoms with van der Waals surface area (Å²) in [7, 11) is 1.38. The zero-order chi connectivity index (χ0) is 34.1. The molecule has 1 amide bonds. The maximum Gasteiger partial charge on any atom is 0.280 e. The van der Waals surface area contributed by atoms with Crippen molar-refractivity contribution in [3.63, 3.8) is 0 Å². The van der Waals surface area contributed by atoms with Gasteiger partial charge in [0, 0.05) is 51.1 Å². The highest BCUT2D eigenvalue weighted by Gasteiger charge is 2.31. The highest BCUT2D eigenvalue weighted by Crippen LogP contribution is 2.29. The third-order valence-corrected chi connectivity index (χ3v) is 9.63. The molecular weight excluding hydrogens is 622 g/mol. The minimum Gasteiger partial charge on any atom is -0.497 e.